The van der Waals surface area contributed by atoms with E-state index in [0.717, 1.165) is 12.0 Å². The van der Waals surface area contributed by atoms with E-state index in [1.165, 1.54) is 4.90 Å². The van der Waals surface area contributed by atoms with E-state index in [2.05, 4.69) is 0 Å². The second kappa shape index (κ2) is 5.66. The van der Waals surface area contributed by atoms with Gasteiger partial charge in [0, 0.05) is 17.5 Å². The summed E-state index contributed by atoms with van der Waals surface area (Å²) in [5.41, 5.74) is 0.970. The van der Waals surface area contributed by atoms with Crippen LogP contribution in [0.2, 0.25) is 5.02 Å². The Kier molecular flexibility index (Phi) is 3.87. The predicted molar refractivity (Wildman–Crippen MR) is 76.3 cm³/mol. The van der Waals surface area contributed by atoms with Gasteiger partial charge in [-0.05, 0) is 24.0 Å². The van der Waals surface area contributed by atoms with Crippen molar-refractivity contribution in [1.82, 2.24) is 4.90 Å². The summed E-state index contributed by atoms with van der Waals surface area (Å²) in [6.07, 6.45) is 0.728. The van der Waals surface area contributed by atoms with Crippen LogP contribution in [0, 0.1) is 5.92 Å². The number of hydrogen-bond donors (Lipinski definition) is 1. The number of rotatable bonds is 3. The molecule has 1 heterocycles. The smallest absolute Gasteiger partial charge is 0.328 e. The summed E-state index contributed by atoms with van der Waals surface area (Å²) in [5.74, 6) is -1.18. The maximum atomic E-state index is 12.5. The van der Waals surface area contributed by atoms with Crippen LogP contribution < -0.4 is 0 Å². The molecule has 21 heavy (non-hydrogen) atoms. The lowest BCUT2D eigenvalue weighted by atomic mass is 10.1. The second-order valence-electron chi connectivity index (χ2n) is 5.43. The molecule has 0 radical (unpaired) electrons. The van der Waals surface area contributed by atoms with Crippen LogP contribution in [0.3, 0.4) is 0 Å². The number of carboxylic acid groups (broad SMARTS) is 1. The summed E-state index contributed by atoms with van der Waals surface area (Å²) in [5, 5.41) is 9.85. The van der Waals surface area contributed by atoms with Crippen molar-refractivity contribution in [2.45, 2.75) is 18.4 Å². The lowest BCUT2D eigenvalue weighted by molar-refractivity contribution is -0.158. The van der Waals surface area contributed by atoms with E-state index < -0.39 is 12.0 Å². The molecular formula is C15H16ClNO4. The summed E-state index contributed by atoms with van der Waals surface area (Å²) in [6, 6.07) is 6.61. The normalized spacial score (nSPS) is 28.2. The highest BCUT2D eigenvalue weighted by Crippen LogP contribution is 2.50. The molecular weight excluding hydrogens is 294 g/mol. The van der Waals surface area contributed by atoms with Crippen molar-refractivity contribution < 1.29 is 19.4 Å². The van der Waals surface area contributed by atoms with Gasteiger partial charge in [0.25, 0.3) is 0 Å². The SMILES string of the molecule is O=C(O)[C@@H]1COCCN1C(=O)[C@H]1C[C@H]1c1ccccc1Cl. The Morgan fingerprint density at radius 1 is 1.33 bits per heavy atom. The summed E-state index contributed by atoms with van der Waals surface area (Å²) in [6.45, 7) is 0.783. The van der Waals surface area contributed by atoms with Crippen LogP contribution in [0.5, 0.6) is 0 Å². The largest absolute Gasteiger partial charge is 0.480 e. The van der Waals surface area contributed by atoms with Gasteiger partial charge in [0.15, 0.2) is 6.04 Å². The molecule has 6 heteroatoms. The van der Waals surface area contributed by atoms with E-state index in [1.807, 2.05) is 24.3 Å². The number of amides is 1. The van der Waals surface area contributed by atoms with Gasteiger partial charge >= 0.3 is 5.97 Å². The molecule has 5 nitrogen and oxygen atoms in total. The number of nitrogens with zero attached hydrogens (tertiary/aromatic N) is 1. The van der Waals surface area contributed by atoms with Crippen LogP contribution in [-0.4, -0.2) is 47.7 Å². The van der Waals surface area contributed by atoms with Crippen molar-refractivity contribution >= 4 is 23.5 Å². The molecule has 2 fully saturated rings. The van der Waals surface area contributed by atoms with Gasteiger partial charge in [-0.15, -0.1) is 0 Å². The maximum absolute atomic E-state index is 12.5. The van der Waals surface area contributed by atoms with Crippen molar-refractivity contribution in [2.24, 2.45) is 5.92 Å². The zero-order valence-electron chi connectivity index (χ0n) is 11.4. The molecule has 2 aliphatic rings. The number of aliphatic carboxylic acids is 1. The molecule has 1 saturated carbocycles. The number of morpholine rings is 1. The second-order valence-corrected chi connectivity index (χ2v) is 5.84. The Morgan fingerprint density at radius 3 is 2.81 bits per heavy atom. The molecule has 1 amide bonds. The third-order valence-electron chi connectivity index (χ3n) is 4.11. The van der Waals surface area contributed by atoms with E-state index in [4.69, 9.17) is 16.3 Å². The summed E-state index contributed by atoms with van der Waals surface area (Å²) < 4.78 is 5.16. The number of carboxylic acids is 1. The molecule has 0 bridgehead atoms. The fourth-order valence-corrected chi connectivity index (χ4v) is 3.15. The first-order valence-corrected chi connectivity index (χ1v) is 7.33. The van der Waals surface area contributed by atoms with Gasteiger partial charge in [-0.3, -0.25) is 4.79 Å². The molecule has 1 saturated heterocycles. The molecule has 0 unspecified atom stereocenters. The first-order valence-electron chi connectivity index (χ1n) is 6.95. The molecule has 1 N–H and O–H groups in total. The van der Waals surface area contributed by atoms with Crippen molar-refractivity contribution in [2.75, 3.05) is 19.8 Å². The Balaban J connectivity index is 1.72. The minimum atomic E-state index is -1.02. The topological polar surface area (TPSA) is 66.8 Å². The Bertz CT molecular complexity index is 577. The van der Waals surface area contributed by atoms with Crippen LogP contribution in [0.15, 0.2) is 24.3 Å². The molecule has 1 aliphatic heterocycles. The number of carbonyl (C=O) groups excluding carboxylic acids is 1. The highest BCUT2D eigenvalue weighted by atomic mass is 35.5. The van der Waals surface area contributed by atoms with Crippen LogP contribution >= 0.6 is 11.6 Å². The number of ether oxygens (including phenoxy) is 1. The lowest BCUT2D eigenvalue weighted by Crippen LogP contribution is -2.53. The molecule has 3 atom stereocenters. The minimum absolute atomic E-state index is 0.0601. The quantitative estimate of drug-likeness (QED) is 0.924. The highest BCUT2D eigenvalue weighted by Gasteiger charge is 2.48. The number of benzene rings is 1. The van der Waals surface area contributed by atoms with Crippen molar-refractivity contribution in [3.63, 3.8) is 0 Å². The average Bonchev–Trinajstić information content (AvgIpc) is 3.27. The van der Waals surface area contributed by atoms with Crippen LogP contribution in [0.4, 0.5) is 0 Å². The van der Waals surface area contributed by atoms with E-state index in [-0.39, 0.29) is 24.3 Å². The van der Waals surface area contributed by atoms with Gasteiger partial charge in [0.2, 0.25) is 5.91 Å². The number of carbonyl (C=O) groups is 2. The molecule has 1 aromatic carbocycles. The highest BCUT2D eigenvalue weighted by molar-refractivity contribution is 6.31. The molecule has 1 aliphatic carbocycles. The van der Waals surface area contributed by atoms with Gasteiger partial charge in [-0.25, -0.2) is 4.79 Å². The van der Waals surface area contributed by atoms with Gasteiger partial charge in [0.05, 0.1) is 13.2 Å². The van der Waals surface area contributed by atoms with Gasteiger partial charge < -0.3 is 14.7 Å². The van der Waals surface area contributed by atoms with Crippen molar-refractivity contribution in [3.8, 4) is 0 Å². The van der Waals surface area contributed by atoms with Gasteiger partial charge in [0.1, 0.15) is 0 Å². The van der Waals surface area contributed by atoms with Crippen LogP contribution in [0.1, 0.15) is 17.9 Å². The third kappa shape index (κ3) is 2.76. The lowest BCUT2D eigenvalue weighted by Gasteiger charge is -2.33. The predicted octanol–water partition coefficient (Wildman–Crippen LogP) is 1.76. The van der Waals surface area contributed by atoms with Crippen molar-refractivity contribution in [3.05, 3.63) is 34.9 Å². The van der Waals surface area contributed by atoms with E-state index in [1.54, 1.807) is 0 Å². The monoisotopic (exact) mass is 309 g/mol. The average molecular weight is 310 g/mol. The fourth-order valence-electron chi connectivity index (χ4n) is 2.87. The minimum Gasteiger partial charge on any atom is -0.480 e. The van der Waals surface area contributed by atoms with Gasteiger partial charge in [-0.2, -0.15) is 0 Å². The molecule has 0 aromatic heterocycles. The molecule has 0 spiro atoms. The molecule has 3 rings (SSSR count). The van der Waals surface area contributed by atoms with Crippen LogP contribution in [0.25, 0.3) is 0 Å². The zero-order valence-corrected chi connectivity index (χ0v) is 12.1. The van der Waals surface area contributed by atoms with Crippen LogP contribution in [-0.2, 0) is 14.3 Å². The Hall–Kier alpha value is -1.59. The summed E-state index contributed by atoms with van der Waals surface area (Å²) >= 11 is 6.16. The van der Waals surface area contributed by atoms with E-state index in [0.29, 0.717) is 18.2 Å². The van der Waals surface area contributed by atoms with E-state index in [9.17, 15) is 14.7 Å². The standard InChI is InChI=1S/C15H16ClNO4/c16-12-4-2-1-3-9(12)10-7-11(10)14(18)17-5-6-21-8-13(17)15(19)20/h1-4,10-11,13H,5-8H2,(H,19,20)/t10-,11-,13-/m0/s1. The molecule has 112 valence electrons. The third-order valence-corrected chi connectivity index (χ3v) is 4.45. The van der Waals surface area contributed by atoms with Crippen molar-refractivity contribution in [1.29, 1.82) is 0 Å². The Morgan fingerprint density at radius 2 is 2.10 bits per heavy atom. The summed E-state index contributed by atoms with van der Waals surface area (Å²) in [4.78, 5) is 25.2. The first-order chi connectivity index (χ1) is 10.1. The first kappa shape index (κ1) is 14.4. The Labute approximate surface area is 127 Å². The van der Waals surface area contributed by atoms with Gasteiger partial charge in [-0.1, -0.05) is 29.8 Å². The van der Waals surface area contributed by atoms with E-state index >= 15 is 0 Å². The maximum Gasteiger partial charge on any atom is 0.328 e. The number of halogens is 1. The fraction of sp³-hybridized carbons (Fsp3) is 0.467. The molecule has 1 aromatic rings. The summed E-state index contributed by atoms with van der Waals surface area (Å²) in [7, 11) is 0. The zero-order chi connectivity index (χ0) is 15.0. The number of hydrogen-bond acceptors (Lipinski definition) is 3.